The highest BCUT2D eigenvalue weighted by Crippen LogP contribution is 2.30. The lowest BCUT2D eigenvalue weighted by atomic mass is 9.96. The minimum Gasteiger partial charge on any atom is -0.493 e. The molecule has 1 saturated carbocycles. The molecule has 1 aromatic heterocycles. The second kappa shape index (κ2) is 11.6. The number of aryl methyl sites for hydroxylation is 1. The smallest absolute Gasteiger partial charge is 0.331 e. The van der Waals surface area contributed by atoms with E-state index in [1.165, 1.54) is 4.57 Å². The fourth-order valence-electron chi connectivity index (χ4n) is 4.86. The molecule has 2 fully saturated rings. The third-order valence-corrected chi connectivity index (χ3v) is 7.46. The van der Waals surface area contributed by atoms with Crippen molar-refractivity contribution in [1.29, 1.82) is 5.26 Å². The molecule has 11 heteroatoms. The van der Waals surface area contributed by atoms with E-state index in [0.717, 1.165) is 12.8 Å². The number of anilines is 1. The lowest BCUT2D eigenvalue weighted by Gasteiger charge is -2.19. The van der Waals surface area contributed by atoms with E-state index in [0.29, 0.717) is 71.6 Å². The van der Waals surface area contributed by atoms with Crippen molar-refractivity contribution in [3.05, 3.63) is 67.8 Å². The molecule has 0 radical (unpaired) electrons. The van der Waals surface area contributed by atoms with E-state index in [-0.39, 0.29) is 41.4 Å². The maximum atomic E-state index is 13.2. The molecule has 5 rings (SSSR count). The third kappa shape index (κ3) is 5.58. The fraction of sp³-hybridized carbons (Fsp3) is 0.407. The predicted octanol–water partition coefficient (Wildman–Crippen LogP) is 3.39. The van der Waals surface area contributed by atoms with Gasteiger partial charge in [-0.25, -0.2) is 4.79 Å². The highest BCUT2D eigenvalue weighted by molar-refractivity contribution is 6.31. The number of benzene rings is 2. The second-order valence-corrected chi connectivity index (χ2v) is 10.1. The summed E-state index contributed by atoms with van der Waals surface area (Å²) in [5.74, 6) is 0.342. The first kappa shape index (κ1) is 27.7. The normalized spacial score (nSPS) is 18.6. The first-order chi connectivity index (χ1) is 17.9. The summed E-state index contributed by atoms with van der Waals surface area (Å²) < 4.78 is 8.81. The molecule has 0 spiro atoms. The zero-order valence-electron chi connectivity index (χ0n) is 20.9. The zero-order valence-corrected chi connectivity index (χ0v) is 22.5. The van der Waals surface area contributed by atoms with Crippen LogP contribution in [0.15, 0.2) is 46.0 Å². The van der Waals surface area contributed by atoms with Gasteiger partial charge in [0, 0.05) is 43.9 Å². The molecule has 2 heterocycles. The van der Waals surface area contributed by atoms with Gasteiger partial charge in [-0.2, -0.15) is 5.26 Å². The highest BCUT2D eigenvalue weighted by Gasteiger charge is 2.33. The van der Waals surface area contributed by atoms with Crippen molar-refractivity contribution < 1.29 is 9.53 Å². The Morgan fingerprint density at radius 2 is 1.97 bits per heavy atom. The van der Waals surface area contributed by atoms with E-state index in [9.17, 15) is 14.4 Å². The summed E-state index contributed by atoms with van der Waals surface area (Å²) >= 11 is 6.09. The molecule has 1 amide bonds. The van der Waals surface area contributed by atoms with Crippen molar-refractivity contribution in [2.75, 3.05) is 25.0 Å². The Hall–Kier alpha value is -3.32. The van der Waals surface area contributed by atoms with Crippen LogP contribution in [0, 0.1) is 29.1 Å². The largest absolute Gasteiger partial charge is 0.493 e. The molecule has 0 unspecified atom stereocenters. The Bertz CT molecular complexity index is 1520. The number of carbonyl (C=O) groups is 1. The van der Waals surface area contributed by atoms with Gasteiger partial charge in [-0.1, -0.05) is 11.6 Å². The molecule has 1 saturated heterocycles. The van der Waals surface area contributed by atoms with Crippen LogP contribution in [0.4, 0.5) is 5.69 Å². The van der Waals surface area contributed by atoms with Gasteiger partial charge in [0.2, 0.25) is 5.91 Å². The highest BCUT2D eigenvalue weighted by atomic mass is 35.5. The van der Waals surface area contributed by atoms with E-state index in [2.05, 4.69) is 10.6 Å². The second-order valence-electron chi connectivity index (χ2n) is 9.70. The molecule has 9 nitrogen and oxygen atoms in total. The van der Waals surface area contributed by atoms with Gasteiger partial charge < -0.3 is 15.4 Å². The number of rotatable bonds is 8. The number of ether oxygens (including phenoxy) is 1. The number of nitriles is 1. The average Bonchev–Trinajstić information content (AvgIpc) is 3.59. The van der Waals surface area contributed by atoms with Crippen LogP contribution in [0.2, 0.25) is 5.02 Å². The molecule has 2 aliphatic rings. The summed E-state index contributed by atoms with van der Waals surface area (Å²) in [5, 5.41) is 16.0. The van der Waals surface area contributed by atoms with E-state index in [1.54, 1.807) is 41.0 Å². The molecule has 2 atom stereocenters. The van der Waals surface area contributed by atoms with Crippen LogP contribution in [0.3, 0.4) is 0 Å². The maximum absolute atomic E-state index is 13.2. The number of carbonyl (C=O) groups excluding carboxylic acids is 1. The van der Waals surface area contributed by atoms with Gasteiger partial charge in [-0.05, 0) is 56.0 Å². The molecular formula is C27H29Cl2N5O4. The van der Waals surface area contributed by atoms with Gasteiger partial charge in [-0.15, -0.1) is 12.4 Å². The topological polar surface area (TPSA) is 118 Å². The van der Waals surface area contributed by atoms with E-state index < -0.39 is 0 Å². The maximum Gasteiger partial charge on any atom is 0.331 e. The Morgan fingerprint density at radius 1 is 1.18 bits per heavy atom. The van der Waals surface area contributed by atoms with Crippen molar-refractivity contribution in [2.45, 2.75) is 32.9 Å². The number of nitrogens with one attached hydrogen (secondary N) is 2. The first-order valence-corrected chi connectivity index (χ1v) is 12.9. The van der Waals surface area contributed by atoms with Gasteiger partial charge >= 0.3 is 5.69 Å². The molecule has 2 N–H and O–H groups in total. The summed E-state index contributed by atoms with van der Waals surface area (Å²) in [6, 6.07) is 12.0. The van der Waals surface area contributed by atoms with Crippen molar-refractivity contribution in [1.82, 2.24) is 14.5 Å². The van der Waals surface area contributed by atoms with Crippen LogP contribution < -0.4 is 26.6 Å². The minimum atomic E-state index is -0.333. The lowest BCUT2D eigenvalue weighted by molar-refractivity contribution is -0.120. The number of fused-ring (bicyclic) bond motifs is 1. The Morgan fingerprint density at radius 3 is 2.66 bits per heavy atom. The molecular weight excluding hydrogens is 529 g/mol. The molecule has 3 aromatic rings. The van der Waals surface area contributed by atoms with Gasteiger partial charge in [0.1, 0.15) is 11.8 Å². The number of hydrogen-bond acceptors (Lipinski definition) is 6. The van der Waals surface area contributed by atoms with E-state index >= 15 is 0 Å². The van der Waals surface area contributed by atoms with Crippen molar-refractivity contribution in [3.63, 3.8) is 0 Å². The van der Waals surface area contributed by atoms with Crippen LogP contribution >= 0.6 is 24.0 Å². The lowest BCUT2D eigenvalue weighted by Crippen LogP contribution is -2.40. The minimum absolute atomic E-state index is 0. The van der Waals surface area contributed by atoms with Crippen LogP contribution in [0.1, 0.15) is 25.3 Å². The quantitative estimate of drug-likeness (QED) is 0.438. The molecule has 1 aliphatic carbocycles. The standard InChI is InChI=1S/C27H28ClN5O4.ClH/c1-2-32-24-8-6-19(9-21(24)26(35)33(27(32)36)14-16-3-4-16)31-25(34)22-13-30-12-18(22)15-37-20-7-5-17(11-29)23(28)10-20;/h5-10,16,18,22,30H,2-4,12-15H2,1H3,(H,31,34);1H/t18-,22+;/m1./s1. The van der Waals surface area contributed by atoms with Gasteiger partial charge in [0.15, 0.2) is 0 Å². The van der Waals surface area contributed by atoms with Crippen LogP contribution in [0.5, 0.6) is 5.75 Å². The number of hydrogen-bond donors (Lipinski definition) is 2. The summed E-state index contributed by atoms with van der Waals surface area (Å²) in [6.45, 7) is 4.19. The van der Waals surface area contributed by atoms with Gasteiger partial charge in [-0.3, -0.25) is 18.7 Å². The van der Waals surface area contributed by atoms with Gasteiger partial charge in [0.05, 0.1) is 34.0 Å². The molecule has 0 bridgehead atoms. The van der Waals surface area contributed by atoms with Crippen LogP contribution in [-0.4, -0.2) is 34.7 Å². The monoisotopic (exact) mass is 557 g/mol. The molecule has 200 valence electrons. The van der Waals surface area contributed by atoms with Crippen LogP contribution in [-0.2, 0) is 17.9 Å². The summed E-state index contributed by atoms with van der Waals surface area (Å²) in [6.07, 6.45) is 2.06. The third-order valence-electron chi connectivity index (χ3n) is 7.15. The number of aromatic nitrogens is 2. The van der Waals surface area contributed by atoms with Crippen LogP contribution in [0.25, 0.3) is 10.9 Å². The predicted molar refractivity (Wildman–Crippen MR) is 148 cm³/mol. The molecule has 2 aromatic carbocycles. The molecule has 1 aliphatic heterocycles. The number of halogens is 2. The van der Waals surface area contributed by atoms with Crippen molar-refractivity contribution in [3.8, 4) is 11.8 Å². The molecule has 38 heavy (non-hydrogen) atoms. The Labute approximate surface area is 230 Å². The first-order valence-electron chi connectivity index (χ1n) is 12.5. The number of nitrogens with zero attached hydrogens (tertiary/aromatic N) is 3. The summed E-state index contributed by atoms with van der Waals surface area (Å²) in [5.41, 5.74) is 0.853. The SMILES string of the molecule is CCn1c(=O)n(CC2CC2)c(=O)c2cc(NC(=O)[C@H]3CNC[C@@H]3COc3ccc(C#N)c(Cl)c3)ccc21.Cl. The van der Waals surface area contributed by atoms with Crippen molar-refractivity contribution >= 4 is 46.5 Å². The van der Waals surface area contributed by atoms with Gasteiger partial charge in [0.25, 0.3) is 5.56 Å². The van der Waals surface area contributed by atoms with E-state index in [1.807, 2.05) is 13.0 Å². The average molecular weight is 558 g/mol. The van der Waals surface area contributed by atoms with Crippen molar-refractivity contribution in [2.24, 2.45) is 17.8 Å². The van der Waals surface area contributed by atoms with E-state index in [4.69, 9.17) is 21.6 Å². The summed E-state index contributed by atoms with van der Waals surface area (Å²) in [7, 11) is 0. The Kier molecular flexibility index (Phi) is 8.46. The number of amides is 1. The fourth-order valence-corrected chi connectivity index (χ4v) is 5.07. The summed E-state index contributed by atoms with van der Waals surface area (Å²) in [4.78, 5) is 39.3. The Balaban J connectivity index is 0.00000336. The zero-order chi connectivity index (χ0) is 26.1.